The summed E-state index contributed by atoms with van der Waals surface area (Å²) in [6.07, 6.45) is 4.66. The third-order valence-electron chi connectivity index (χ3n) is 3.55. The van der Waals surface area contributed by atoms with Gasteiger partial charge in [-0.15, -0.1) is 0 Å². The summed E-state index contributed by atoms with van der Waals surface area (Å²) in [6, 6.07) is 2.83. The number of ether oxygens (including phenoxy) is 2. The molecular formula is C15H22FNO2. The minimum Gasteiger partial charge on any atom is -0.491 e. The molecule has 2 rings (SSSR count). The van der Waals surface area contributed by atoms with Crippen LogP contribution in [0.3, 0.4) is 0 Å². The van der Waals surface area contributed by atoms with Gasteiger partial charge in [0.2, 0.25) is 0 Å². The maximum Gasteiger partial charge on any atom is 0.167 e. The van der Waals surface area contributed by atoms with Gasteiger partial charge in [-0.25, -0.2) is 4.39 Å². The van der Waals surface area contributed by atoms with Gasteiger partial charge in [-0.2, -0.15) is 0 Å². The Morgan fingerprint density at radius 2 is 2.11 bits per heavy atom. The average Bonchev–Trinajstić information content (AvgIpc) is 2.35. The summed E-state index contributed by atoms with van der Waals surface area (Å²) in [7, 11) is 0. The van der Waals surface area contributed by atoms with Gasteiger partial charge in [0.25, 0.3) is 0 Å². The zero-order valence-corrected chi connectivity index (χ0v) is 11.6. The summed E-state index contributed by atoms with van der Waals surface area (Å²) >= 11 is 0. The van der Waals surface area contributed by atoms with Crippen molar-refractivity contribution in [3.63, 3.8) is 0 Å². The van der Waals surface area contributed by atoms with Crippen LogP contribution in [0.5, 0.6) is 11.5 Å². The van der Waals surface area contributed by atoms with E-state index in [-0.39, 0.29) is 11.9 Å². The first-order valence-corrected chi connectivity index (χ1v) is 6.98. The molecular weight excluding hydrogens is 245 g/mol. The quantitative estimate of drug-likeness (QED) is 0.845. The molecule has 0 radical (unpaired) electrons. The Balaban J connectivity index is 2.12. The molecule has 1 saturated carbocycles. The van der Waals surface area contributed by atoms with E-state index in [0.717, 1.165) is 12.8 Å². The SMILES string of the molecule is CCOc1cc(OC2CCCC(C)C2)c(N)cc1F. The van der Waals surface area contributed by atoms with Crippen molar-refractivity contribution in [2.45, 2.75) is 45.6 Å². The number of halogens is 1. The Labute approximate surface area is 113 Å². The molecule has 0 spiro atoms. The number of hydrogen-bond donors (Lipinski definition) is 1. The number of hydrogen-bond acceptors (Lipinski definition) is 3. The first kappa shape index (κ1) is 14.0. The Bertz CT molecular complexity index is 436. The standard InChI is InChI=1S/C15H22FNO2/c1-3-18-14-9-15(13(17)8-12(14)16)19-11-6-4-5-10(2)7-11/h8-11H,3-7,17H2,1-2H3. The van der Waals surface area contributed by atoms with Gasteiger partial charge < -0.3 is 15.2 Å². The van der Waals surface area contributed by atoms with Gasteiger partial charge in [0, 0.05) is 12.1 Å². The van der Waals surface area contributed by atoms with E-state index in [4.69, 9.17) is 15.2 Å². The lowest BCUT2D eigenvalue weighted by Crippen LogP contribution is -2.24. The van der Waals surface area contributed by atoms with E-state index in [1.807, 2.05) is 6.92 Å². The normalized spacial score (nSPS) is 23.1. The fourth-order valence-corrected chi connectivity index (χ4v) is 2.58. The third kappa shape index (κ3) is 3.52. The van der Waals surface area contributed by atoms with Crippen LogP contribution in [0.25, 0.3) is 0 Å². The lowest BCUT2D eigenvalue weighted by molar-refractivity contribution is 0.129. The average molecular weight is 267 g/mol. The molecule has 0 aliphatic heterocycles. The van der Waals surface area contributed by atoms with Crippen LogP contribution in [-0.4, -0.2) is 12.7 Å². The molecule has 4 heteroatoms. The van der Waals surface area contributed by atoms with Crippen molar-refractivity contribution < 1.29 is 13.9 Å². The first-order valence-electron chi connectivity index (χ1n) is 6.98. The molecule has 19 heavy (non-hydrogen) atoms. The molecule has 0 amide bonds. The molecule has 3 nitrogen and oxygen atoms in total. The van der Waals surface area contributed by atoms with Crippen molar-refractivity contribution in [1.29, 1.82) is 0 Å². The van der Waals surface area contributed by atoms with E-state index >= 15 is 0 Å². The van der Waals surface area contributed by atoms with Crippen molar-refractivity contribution in [2.24, 2.45) is 5.92 Å². The van der Waals surface area contributed by atoms with E-state index in [1.165, 1.54) is 18.9 Å². The van der Waals surface area contributed by atoms with E-state index in [2.05, 4.69) is 6.92 Å². The number of benzene rings is 1. The van der Waals surface area contributed by atoms with Crippen LogP contribution < -0.4 is 15.2 Å². The van der Waals surface area contributed by atoms with Crippen LogP contribution in [0.15, 0.2) is 12.1 Å². The molecule has 0 heterocycles. The van der Waals surface area contributed by atoms with Crippen LogP contribution in [0.1, 0.15) is 39.5 Å². The molecule has 106 valence electrons. The largest absolute Gasteiger partial charge is 0.491 e. The zero-order chi connectivity index (χ0) is 13.8. The zero-order valence-electron chi connectivity index (χ0n) is 11.6. The predicted molar refractivity (Wildman–Crippen MR) is 74.0 cm³/mol. The Morgan fingerprint density at radius 3 is 2.79 bits per heavy atom. The highest BCUT2D eigenvalue weighted by molar-refractivity contribution is 5.56. The van der Waals surface area contributed by atoms with Crippen molar-refractivity contribution in [3.8, 4) is 11.5 Å². The van der Waals surface area contributed by atoms with E-state index < -0.39 is 5.82 Å². The summed E-state index contributed by atoms with van der Waals surface area (Å²) in [5.41, 5.74) is 6.15. The maximum atomic E-state index is 13.6. The van der Waals surface area contributed by atoms with Crippen LogP contribution in [0.4, 0.5) is 10.1 Å². The van der Waals surface area contributed by atoms with Gasteiger partial charge in [-0.3, -0.25) is 0 Å². The smallest absolute Gasteiger partial charge is 0.167 e. The maximum absolute atomic E-state index is 13.6. The molecule has 0 saturated heterocycles. The minimum absolute atomic E-state index is 0.172. The van der Waals surface area contributed by atoms with Crippen molar-refractivity contribution in [1.82, 2.24) is 0 Å². The van der Waals surface area contributed by atoms with E-state index in [0.29, 0.717) is 24.0 Å². The molecule has 1 aliphatic rings. The number of rotatable bonds is 4. The van der Waals surface area contributed by atoms with Gasteiger partial charge in [-0.1, -0.05) is 13.3 Å². The topological polar surface area (TPSA) is 44.5 Å². The molecule has 2 atom stereocenters. The number of anilines is 1. The number of nitrogen functional groups attached to an aromatic ring is 1. The first-order chi connectivity index (χ1) is 9.10. The van der Waals surface area contributed by atoms with Crippen LogP contribution in [-0.2, 0) is 0 Å². The molecule has 1 aromatic rings. The Morgan fingerprint density at radius 1 is 1.32 bits per heavy atom. The Kier molecular flexibility index (Phi) is 4.51. The Hall–Kier alpha value is -1.45. The van der Waals surface area contributed by atoms with E-state index in [9.17, 15) is 4.39 Å². The summed E-state index contributed by atoms with van der Waals surface area (Å²) in [6.45, 7) is 4.47. The molecule has 1 fully saturated rings. The third-order valence-corrected chi connectivity index (χ3v) is 3.55. The monoisotopic (exact) mass is 267 g/mol. The second kappa shape index (κ2) is 6.13. The van der Waals surface area contributed by atoms with Gasteiger partial charge in [0.1, 0.15) is 5.75 Å². The molecule has 1 aliphatic carbocycles. The highest BCUT2D eigenvalue weighted by atomic mass is 19.1. The predicted octanol–water partition coefficient (Wildman–Crippen LogP) is 3.76. The summed E-state index contributed by atoms with van der Waals surface area (Å²) < 4.78 is 24.8. The van der Waals surface area contributed by atoms with Crippen molar-refractivity contribution >= 4 is 5.69 Å². The lowest BCUT2D eigenvalue weighted by Gasteiger charge is -2.28. The van der Waals surface area contributed by atoms with E-state index in [1.54, 1.807) is 6.07 Å². The summed E-state index contributed by atoms with van der Waals surface area (Å²) in [4.78, 5) is 0. The fraction of sp³-hybridized carbons (Fsp3) is 0.600. The fourth-order valence-electron chi connectivity index (χ4n) is 2.58. The summed E-state index contributed by atoms with van der Waals surface area (Å²) in [5, 5.41) is 0. The second-order valence-corrected chi connectivity index (χ2v) is 5.27. The van der Waals surface area contributed by atoms with Gasteiger partial charge in [0.15, 0.2) is 11.6 Å². The molecule has 2 unspecified atom stereocenters. The number of nitrogens with two attached hydrogens (primary N) is 1. The van der Waals surface area contributed by atoms with Gasteiger partial charge >= 0.3 is 0 Å². The highest BCUT2D eigenvalue weighted by Crippen LogP contribution is 2.34. The summed E-state index contributed by atoms with van der Waals surface area (Å²) in [5.74, 6) is 0.968. The molecule has 2 N–H and O–H groups in total. The van der Waals surface area contributed by atoms with Gasteiger partial charge in [-0.05, 0) is 32.1 Å². The molecule has 0 bridgehead atoms. The minimum atomic E-state index is -0.441. The highest BCUT2D eigenvalue weighted by Gasteiger charge is 2.21. The van der Waals surface area contributed by atoms with Crippen molar-refractivity contribution in [2.75, 3.05) is 12.3 Å². The van der Waals surface area contributed by atoms with Crippen LogP contribution >= 0.6 is 0 Å². The van der Waals surface area contributed by atoms with Crippen molar-refractivity contribution in [3.05, 3.63) is 17.9 Å². The van der Waals surface area contributed by atoms with Crippen LogP contribution in [0.2, 0.25) is 0 Å². The van der Waals surface area contributed by atoms with Gasteiger partial charge in [0.05, 0.1) is 18.4 Å². The lowest BCUT2D eigenvalue weighted by atomic mass is 9.89. The second-order valence-electron chi connectivity index (χ2n) is 5.27. The molecule has 0 aromatic heterocycles. The molecule has 1 aromatic carbocycles. The van der Waals surface area contributed by atoms with Crippen LogP contribution in [0, 0.1) is 11.7 Å².